The molecule has 26 heavy (non-hydrogen) atoms. The van der Waals surface area contributed by atoms with E-state index in [0.29, 0.717) is 43.1 Å². The molecule has 1 atom stereocenters. The number of fused-ring (bicyclic) bond motifs is 1. The van der Waals surface area contributed by atoms with Gasteiger partial charge < -0.3 is 20.1 Å². The fourth-order valence-electron chi connectivity index (χ4n) is 2.90. The van der Waals surface area contributed by atoms with Crippen molar-refractivity contribution in [1.82, 2.24) is 20.4 Å². The Bertz CT molecular complexity index is 779. The van der Waals surface area contributed by atoms with Crippen molar-refractivity contribution in [2.45, 2.75) is 19.0 Å². The molecule has 0 bridgehead atoms. The maximum Gasteiger partial charge on any atom is 0.271 e. The molecule has 8 nitrogen and oxygen atoms in total. The summed E-state index contributed by atoms with van der Waals surface area (Å²) < 4.78 is 11.8. The molecule has 1 aromatic heterocycles. The van der Waals surface area contributed by atoms with Gasteiger partial charge in [0.1, 0.15) is 11.4 Å². The van der Waals surface area contributed by atoms with Crippen LogP contribution in [0.15, 0.2) is 30.3 Å². The molecule has 3 rings (SSSR count). The lowest BCUT2D eigenvalue weighted by molar-refractivity contribution is 0.0921. The Morgan fingerprint density at radius 3 is 2.85 bits per heavy atom. The predicted molar refractivity (Wildman–Crippen MR) is 94.4 cm³/mol. The van der Waals surface area contributed by atoms with Gasteiger partial charge >= 0.3 is 0 Å². The minimum Gasteiger partial charge on any atom is -0.497 e. The molecule has 2 N–H and O–H groups in total. The van der Waals surface area contributed by atoms with E-state index in [9.17, 15) is 9.59 Å². The van der Waals surface area contributed by atoms with Crippen LogP contribution in [0.5, 0.6) is 5.75 Å². The summed E-state index contributed by atoms with van der Waals surface area (Å²) in [5.74, 6) is 0.263. The van der Waals surface area contributed by atoms with Crippen molar-refractivity contribution in [3.8, 4) is 5.75 Å². The molecule has 0 radical (unpaired) electrons. The topological polar surface area (TPSA) is 94.5 Å². The minimum absolute atomic E-state index is 0.0539. The number of nitrogens with zero attached hydrogens (tertiary/aromatic N) is 2. The van der Waals surface area contributed by atoms with Gasteiger partial charge in [-0.15, -0.1) is 0 Å². The average molecular weight is 358 g/mol. The van der Waals surface area contributed by atoms with Crippen LogP contribution in [-0.2, 0) is 17.7 Å². The monoisotopic (exact) mass is 358 g/mol. The van der Waals surface area contributed by atoms with Gasteiger partial charge in [0.15, 0.2) is 0 Å². The summed E-state index contributed by atoms with van der Waals surface area (Å²) in [5.41, 5.74) is 1.86. The van der Waals surface area contributed by atoms with Crippen molar-refractivity contribution in [3.63, 3.8) is 0 Å². The number of carbonyl (C=O) groups is 2. The van der Waals surface area contributed by atoms with Crippen LogP contribution >= 0.6 is 0 Å². The maximum absolute atomic E-state index is 12.4. The molecule has 1 aromatic carbocycles. The molecule has 1 aliphatic rings. The zero-order chi connectivity index (χ0) is 18.5. The average Bonchev–Trinajstić information content (AvgIpc) is 3.20. The van der Waals surface area contributed by atoms with E-state index < -0.39 is 0 Å². The Morgan fingerprint density at radius 1 is 1.27 bits per heavy atom. The van der Waals surface area contributed by atoms with Crippen LogP contribution in [-0.4, -0.2) is 55.0 Å². The van der Waals surface area contributed by atoms with Gasteiger partial charge in [0.25, 0.3) is 11.8 Å². The summed E-state index contributed by atoms with van der Waals surface area (Å²) in [6, 6.07) is 8.73. The number of carbonyl (C=O) groups excluding carboxylic acids is 2. The molecule has 2 amide bonds. The summed E-state index contributed by atoms with van der Waals surface area (Å²) in [6.45, 7) is 1.44. The molecular formula is C18H22N4O4. The fraction of sp³-hybridized carbons (Fsp3) is 0.389. The first-order chi connectivity index (χ1) is 12.6. The summed E-state index contributed by atoms with van der Waals surface area (Å²) in [4.78, 5) is 24.4. The van der Waals surface area contributed by atoms with E-state index in [1.807, 2.05) is 0 Å². The molecule has 1 aliphatic heterocycles. The van der Waals surface area contributed by atoms with Gasteiger partial charge in [-0.1, -0.05) is 6.07 Å². The van der Waals surface area contributed by atoms with Crippen LogP contribution in [0.3, 0.4) is 0 Å². The molecular weight excluding hydrogens is 336 g/mol. The van der Waals surface area contributed by atoms with Gasteiger partial charge in [0.2, 0.25) is 0 Å². The van der Waals surface area contributed by atoms with Gasteiger partial charge in [-0.3, -0.25) is 14.3 Å². The van der Waals surface area contributed by atoms with Crippen LogP contribution in [0.25, 0.3) is 0 Å². The molecule has 2 heterocycles. The number of methoxy groups -OCH3 is 2. The fourth-order valence-corrected chi connectivity index (χ4v) is 2.90. The molecule has 138 valence electrons. The van der Waals surface area contributed by atoms with Gasteiger partial charge in [-0.2, -0.15) is 5.10 Å². The first-order valence-corrected chi connectivity index (χ1v) is 8.39. The number of amides is 2. The van der Waals surface area contributed by atoms with Crippen LogP contribution in [0.2, 0.25) is 0 Å². The van der Waals surface area contributed by atoms with Crippen LogP contribution in [0.1, 0.15) is 26.5 Å². The molecule has 8 heteroatoms. The Kier molecular flexibility index (Phi) is 5.52. The molecule has 0 spiro atoms. The van der Waals surface area contributed by atoms with Crippen LogP contribution in [0.4, 0.5) is 0 Å². The Labute approximate surface area is 151 Å². The lowest BCUT2D eigenvalue weighted by atomic mass is 10.1. The molecule has 0 saturated carbocycles. The number of aromatic nitrogens is 2. The van der Waals surface area contributed by atoms with Crippen LogP contribution < -0.4 is 15.4 Å². The van der Waals surface area contributed by atoms with E-state index in [-0.39, 0.29) is 17.9 Å². The molecule has 2 aromatic rings. The SMILES string of the molecule is COCCNC(=O)c1cc2n(n1)C[C@@H](NC(=O)c1cccc(OC)c1)C2. The zero-order valence-electron chi connectivity index (χ0n) is 14.8. The van der Waals surface area contributed by atoms with Gasteiger partial charge in [0.05, 0.1) is 26.3 Å². The number of rotatable bonds is 7. The first kappa shape index (κ1) is 17.9. The Hall–Kier alpha value is -2.87. The summed E-state index contributed by atoms with van der Waals surface area (Å²) in [7, 11) is 3.15. The molecule has 0 aliphatic carbocycles. The quantitative estimate of drug-likeness (QED) is 0.708. The molecule has 0 unspecified atom stereocenters. The third kappa shape index (κ3) is 4.02. The number of hydrogen-bond acceptors (Lipinski definition) is 5. The maximum atomic E-state index is 12.4. The second-order valence-electron chi connectivity index (χ2n) is 6.06. The summed E-state index contributed by atoms with van der Waals surface area (Å²) >= 11 is 0. The zero-order valence-corrected chi connectivity index (χ0v) is 14.8. The number of ether oxygens (including phenoxy) is 2. The van der Waals surface area contributed by atoms with Crippen molar-refractivity contribution in [2.24, 2.45) is 0 Å². The van der Waals surface area contributed by atoms with Crippen molar-refractivity contribution in [3.05, 3.63) is 47.3 Å². The third-order valence-electron chi connectivity index (χ3n) is 4.20. The van der Waals surface area contributed by atoms with E-state index in [1.165, 1.54) is 0 Å². The molecule has 0 saturated heterocycles. The van der Waals surface area contributed by atoms with E-state index >= 15 is 0 Å². The molecule has 0 fully saturated rings. The van der Waals surface area contributed by atoms with Gasteiger partial charge in [-0.25, -0.2) is 0 Å². The first-order valence-electron chi connectivity index (χ1n) is 8.39. The van der Waals surface area contributed by atoms with E-state index in [2.05, 4.69) is 15.7 Å². The van der Waals surface area contributed by atoms with Gasteiger partial charge in [0, 0.05) is 31.3 Å². The van der Waals surface area contributed by atoms with Crippen LogP contribution in [0, 0.1) is 0 Å². The van der Waals surface area contributed by atoms with Crippen molar-refractivity contribution in [1.29, 1.82) is 0 Å². The highest BCUT2D eigenvalue weighted by Crippen LogP contribution is 2.18. The largest absolute Gasteiger partial charge is 0.497 e. The number of benzene rings is 1. The van der Waals surface area contributed by atoms with Crippen molar-refractivity contribution >= 4 is 11.8 Å². The predicted octanol–water partition coefficient (Wildman–Crippen LogP) is 0.623. The standard InChI is InChI=1S/C18H22N4O4/c1-25-7-6-19-18(24)16-10-14-9-13(11-22(14)21-16)20-17(23)12-4-3-5-15(8-12)26-2/h3-5,8,10,13H,6-7,9,11H2,1-2H3,(H,19,24)(H,20,23)/t13-/m0/s1. The van der Waals surface area contributed by atoms with E-state index in [0.717, 1.165) is 5.69 Å². The number of hydrogen-bond donors (Lipinski definition) is 2. The normalized spacial score (nSPS) is 15.4. The van der Waals surface area contributed by atoms with E-state index in [4.69, 9.17) is 9.47 Å². The summed E-state index contributed by atoms with van der Waals surface area (Å²) in [6.07, 6.45) is 0.633. The van der Waals surface area contributed by atoms with Gasteiger partial charge in [-0.05, 0) is 24.3 Å². The number of nitrogens with one attached hydrogen (secondary N) is 2. The summed E-state index contributed by atoms with van der Waals surface area (Å²) in [5, 5.41) is 10.1. The van der Waals surface area contributed by atoms with Crippen molar-refractivity contribution < 1.29 is 19.1 Å². The third-order valence-corrected chi connectivity index (χ3v) is 4.20. The lowest BCUT2D eigenvalue weighted by Gasteiger charge is -2.12. The highest BCUT2D eigenvalue weighted by molar-refractivity contribution is 5.95. The second kappa shape index (κ2) is 8.01. The second-order valence-corrected chi connectivity index (χ2v) is 6.06. The van der Waals surface area contributed by atoms with Crippen molar-refractivity contribution in [2.75, 3.05) is 27.4 Å². The Morgan fingerprint density at radius 2 is 2.12 bits per heavy atom. The van der Waals surface area contributed by atoms with E-state index in [1.54, 1.807) is 49.2 Å². The lowest BCUT2D eigenvalue weighted by Crippen LogP contribution is -2.36. The Balaban J connectivity index is 1.56. The minimum atomic E-state index is -0.221. The highest BCUT2D eigenvalue weighted by atomic mass is 16.5. The smallest absolute Gasteiger partial charge is 0.271 e. The highest BCUT2D eigenvalue weighted by Gasteiger charge is 2.26.